The van der Waals surface area contributed by atoms with E-state index in [0.717, 1.165) is 0 Å². The van der Waals surface area contributed by atoms with Crippen molar-refractivity contribution in [2.75, 3.05) is 0 Å². The van der Waals surface area contributed by atoms with E-state index in [2.05, 4.69) is 16.9 Å². The highest BCUT2D eigenvalue weighted by Gasteiger charge is 2.81. The van der Waals surface area contributed by atoms with Crippen LogP contribution >= 0.6 is 12.4 Å². The monoisotopic (exact) mass is 552 g/mol. The maximum Gasteiger partial charge on any atom is 0.408 e. The molecule has 0 spiro atoms. The molecular formula is C28H41ClN2O7. The smallest absolute Gasteiger partial charge is 0.408 e. The number of hydrogen-bond donors (Lipinski definition) is 4. The van der Waals surface area contributed by atoms with Gasteiger partial charge in [0.2, 0.25) is 0 Å². The summed E-state index contributed by atoms with van der Waals surface area (Å²) in [5.41, 5.74) is -6.80. The second kappa shape index (κ2) is 9.86. The topological polar surface area (TPSA) is 138 Å². The van der Waals surface area contributed by atoms with E-state index in [1.165, 1.54) is 13.0 Å². The number of nitrogens with zero attached hydrogens (tertiary/aromatic N) is 1. The number of carbonyl (C=O) groups is 2. The number of ketones is 1. The summed E-state index contributed by atoms with van der Waals surface area (Å²) < 4.78 is 12.3. The van der Waals surface area contributed by atoms with Crippen molar-refractivity contribution < 1.29 is 34.4 Å². The Morgan fingerprint density at radius 3 is 2.50 bits per heavy atom. The number of halogens is 1. The van der Waals surface area contributed by atoms with Crippen molar-refractivity contribution in [3.8, 4) is 0 Å². The highest BCUT2D eigenvalue weighted by Crippen LogP contribution is 2.67. The van der Waals surface area contributed by atoms with Crippen LogP contribution in [0.4, 0.5) is 4.79 Å². The number of hydrogen-bond acceptors (Lipinski definition) is 8. The number of nitrogens with one attached hydrogen (secondary N) is 1. The third-order valence-electron chi connectivity index (χ3n) is 9.43. The van der Waals surface area contributed by atoms with Crippen LogP contribution in [0.25, 0.3) is 0 Å². The Balaban J connectivity index is 0.00000400. The van der Waals surface area contributed by atoms with Crippen molar-refractivity contribution in [1.29, 1.82) is 0 Å². The number of fused-ring (bicyclic) bond motifs is 3. The molecule has 1 aromatic rings. The van der Waals surface area contributed by atoms with Crippen LogP contribution in [0.1, 0.15) is 72.5 Å². The molecule has 0 aromatic carbocycles. The third kappa shape index (κ3) is 4.18. The predicted molar refractivity (Wildman–Crippen MR) is 143 cm³/mol. The summed E-state index contributed by atoms with van der Waals surface area (Å²) in [6.07, 6.45) is -0.940. The van der Waals surface area contributed by atoms with Crippen molar-refractivity contribution in [3.63, 3.8) is 0 Å². The summed E-state index contributed by atoms with van der Waals surface area (Å²) in [6.45, 7) is 14.2. The van der Waals surface area contributed by atoms with Crippen molar-refractivity contribution >= 4 is 24.3 Å². The molecular weight excluding hydrogens is 512 g/mol. The van der Waals surface area contributed by atoms with Crippen LogP contribution in [0.2, 0.25) is 0 Å². The van der Waals surface area contributed by atoms with Gasteiger partial charge >= 0.3 is 6.09 Å². The van der Waals surface area contributed by atoms with Crippen molar-refractivity contribution in [2.45, 2.75) is 102 Å². The Hall–Kier alpha value is -2.04. The van der Waals surface area contributed by atoms with Gasteiger partial charge < -0.3 is 30.1 Å². The second-order valence-corrected chi connectivity index (χ2v) is 12.3. The number of aliphatic hydroxyl groups is 3. The zero-order valence-corrected chi connectivity index (χ0v) is 23.7. The zero-order chi connectivity index (χ0) is 27.6. The number of carbonyl (C=O) groups excluding carboxylic acids is 2. The lowest BCUT2D eigenvalue weighted by Crippen LogP contribution is -2.86. The lowest BCUT2D eigenvalue weighted by atomic mass is 9.40. The summed E-state index contributed by atoms with van der Waals surface area (Å²) in [7, 11) is 0. The number of rotatable bonds is 4. The Kier molecular flexibility index (Phi) is 7.91. The van der Waals surface area contributed by atoms with Gasteiger partial charge in [-0.15, -0.1) is 19.0 Å². The summed E-state index contributed by atoms with van der Waals surface area (Å²) in [6, 6.07) is 4.81. The van der Waals surface area contributed by atoms with E-state index >= 15 is 0 Å². The van der Waals surface area contributed by atoms with E-state index in [9.17, 15) is 24.9 Å². The summed E-state index contributed by atoms with van der Waals surface area (Å²) in [5, 5.41) is 38.4. The number of amides is 1. The molecule has 212 valence electrons. The van der Waals surface area contributed by atoms with Crippen LogP contribution in [0.5, 0.6) is 0 Å². The fourth-order valence-corrected chi connectivity index (χ4v) is 7.51. The highest BCUT2D eigenvalue weighted by molar-refractivity contribution is 5.92. The molecule has 1 amide bonds. The first-order valence-electron chi connectivity index (χ1n) is 12.9. The van der Waals surface area contributed by atoms with E-state index in [-0.39, 0.29) is 18.8 Å². The average molecular weight is 553 g/mol. The molecule has 4 N–H and O–H groups in total. The molecule has 3 fully saturated rings. The van der Waals surface area contributed by atoms with E-state index in [1.54, 1.807) is 45.2 Å². The fourth-order valence-electron chi connectivity index (χ4n) is 7.51. The first-order chi connectivity index (χ1) is 17.1. The highest BCUT2D eigenvalue weighted by atomic mass is 35.5. The molecule has 10 heteroatoms. The van der Waals surface area contributed by atoms with Crippen LogP contribution in [0.15, 0.2) is 37.1 Å². The van der Waals surface area contributed by atoms with Crippen LogP contribution in [0, 0.1) is 16.7 Å². The van der Waals surface area contributed by atoms with Crippen molar-refractivity contribution in [2.24, 2.45) is 16.7 Å². The van der Waals surface area contributed by atoms with E-state index in [1.807, 2.05) is 13.8 Å². The summed E-state index contributed by atoms with van der Waals surface area (Å²) >= 11 is 0. The molecule has 2 saturated carbocycles. The predicted octanol–water partition coefficient (Wildman–Crippen LogP) is 3.26. The van der Waals surface area contributed by atoms with Gasteiger partial charge in [0, 0.05) is 24.0 Å². The third-order valence-corrected chi connectivity index (χ3v) is 9.43. The minimum atomic E-state index is -2.26. The molecule has 2 heterocycles. The van der Waals surface area contributed by atoms with Gasteiger partial charge in [-0.25, -0.2) is 4.79 Å². The second-order valence-electron chi connectivity index (χ2n) is 12.3. The molecule has 38 heavy (non-hydrogen) atoms. The lowest BCUT2D eigenvalue weighted by molar-refractivity contribution is -0.369. The van der Waals surface area contributed by atoms with E-state index < -0.39 is 69.8 Å². The maximum absolute atomic E-state index is 13.9. The summed E-state index contributed by atoms with van der Waals surface area (Å²) in [4.78, 5) is 31.3. The zero-order valence-electron chi connectivity index (χ0n) is 22.9. The Bertz CT molecular complexity index is 1090. The molecule has 3 aliphatic rings. The van der Waals surface area contributed by atoms with Gasteiger partial charge in [0.25, 0.3) is 0 Å². The van der Waals surface area contributed by atoms with Gasteiger partial charge in [-0.3, -0.25) is 9.78 Å². The molecule has 1 aliphatic heterocycles. The number of aliphatic hydroxyl groups excluding tert-OH is 2. The average Bonchev–Trinajstić information content (AvgIpc) is 2.83. The van der Waals surface area contributed by atoms with Crippen molar-refractivity contribution in [1.82, 2.24) is 10.3 Å². The SMILES string of the molecule is C=C[C@@]1(C)CC(=O)[C@]2(O)[C@@]3(C)[C@@H](O)CCC(C)(C)[C@@H]3[C@H](O)[C@H](OC(=O)NC(C)c3ccccn3)[C@@]2(C)O1.Cl. The molecule has 0 radical (unpaired) electrons. The molecule has 9 nitrogen and oxygen atoms in total. The van der Waals surface area contributed by atoms with Crippen LogP contribution < -0.4 is 5.32 Å². The van der Waals surface area contributed by atoms with Gasteiger partial charge in [-0.2, -0.15) is 0 Å². The lowest BCUT2D eigenvalue weighted by Gasteiger charge is -2.71. The molecule has 1 unspecified atom stereocenters. The number of pyridine rings is 1. The molecule has 4 rings (SSSR count). The molecule has 1 aromatic heterocycles. The first kappa shape index (κ1) is 30.5. The van der Waals surface area contributed by atoms with Crippen LogP contribution in [0.3, 0.4) is 0 Å². The normalized spacial score (nSPS) is 42.5. The Morgan fingerprint density at radius 1 is 1.26 bits per heavy atom. The number of aromatic nitrogens is 1. The number of alkyl carbamates (subject to hydrolysis) is 1. The van der Waals surface area contributed by atoms with Gasteiger partial charge in [-0.1, -0.05) is 32.9 Å². The number of ether oxygens (including phenoxy) is 2. The minimum absolute atomic E-state index is 0. The minimum Gasteiger partial charge on any atom is -0.440 e. The maximum atomic E-state index is 13.9. The van der Waals surface area contributed by atoms with E-state index in [0.29, 0.717) is 18.5 Å². The van der Waals surface area contributed by atoms with Gasteiger partial charge in [0.15, 0.2) is 17.5 Å². The molecule has 1 saturated heterocycles. The molecule has 2 aliphatic carbocycles. The molecule has 9 atom stereocenters. The van der Waals surface area contributed by atoms with Crippen LogP contribution in [-0.2, 0) is 14.3 Å². The fraction of sp³-hybridized carbons (Fsp3) is 0.679. The van der Waals surface area contributed by atoms with E-state index in [4.69, 9.17) is 9.47 Å². The summed E-state index contributed by atoms with van der Waals surface area (Å²) in [5.74, 6) is -1.33. The number of Topliss-reactive ketones (excluding diaryl/α,β-unsaturated/α-hetero) is 1. The quantitative estimate of drug-likeness (QED) is 0.418. The van der Waals surface area contributed by atoms with Gasteiger partial charge in [0.05, 0.1) is 29.5 Å². The Morgan fingerprint density at radius 2 is 1.92 bits per heavy atom. The van der Waals surface area contributed by atoms with Crippen LogP contribution in [-0.4, -0.2) is 67.3 Å². The van der Waals surface area contributed by atoms with Gasteiger partial charge in [0.1, 0.15) is 5.60 Å². The van der Waals surface area contributed by atoms with Gasteiger partial charge in [-0.05, 0) is 51.2 Å². The first-order valence-corrected chi connectivity index (χ1v) is 12.9. The largest absolute Gasteiger partial charge is 0.440 e. The van der Waals surface area contributed by atoms with Crippen molar-refractivity contribution in [3.05, 3.63) is 42.7 Å². The molecule has 0 bridgehead atoms. The standard InChI is InChI=1S/C28H40N2O7.ClH/c1-8-25(5)15-19(32)28(35)26(6)18(31)12-13-24(3,4)21(26)20(33)22(27(28,7)37-25)36-23(34)30-16(2)17-11-9-10-14-29-17;/h8-11,14,16,18,20-22,31,33,35H,1,12-13,15H2,2-7H3,(H,30,34);1H/t16?,18-,20-,21-,22-,25-,26-,27+,28-;/m0./s1. The Labute approximate surface area is 230 Å².